The minimum Gasteiger partial charge on any atom is -0.261 e. The highest BCUT2D eigenvalue weighted by Gasteiger charge is 2.10. The number of hydrogen-bond donors (Lipinski definition) is 1. The highest BCUT2D eigenvalue weighted by molar-refractivity contribution is 7.97. The van der Waals surface area contributed by atoms with Gasteiger partial charge in [-0.25, -0.2) is 0 Å². The largest absolute Gasteiger partial charge is 0.261 e. The lowest BCUT2D eigenvalue weighted by atomic mass is 10.1. The Bertz CT molecular complexity index is 357. The van der Waals surface area contributed by atoms with Crippen molar-refractivity contribution in [3.63, 3.8) is 0 Å². The van der Waals surface area contributed by atoms with Gasteiger partial charge in [0.1, 0.15) is 0 Å². The predicted octanol–water partition coefficient (Wildman–Crippen LogP) is 6.14. The molecule has 1 N–H and O–H groups in total. The molecule has 1 fully saturated rings. The standard InChI is InChI=1S/C20H33NS/c1(2-7-13-19-14-8-6-9-15-19)5-12-18-22-21-20-16-10-3-4-11-17-20/h6,8-9,14-15,20-21H,1-5,7,10-13,16-18H2. The number of unbranched alkanes of at least 4 members (excludes halogenated alkanes) is 4. The Labute approximate surface area is 141 Å². The summed E-state index contributed by atoms with van der Waals surface area (Å²) in [4.78, 5) is 0. The van der Waals surface area contributed by atoms with E-state index in [0.29, 0.717) is 0 Å². The van der Waals surface area contributed by atoms with Gasteiger partial charge in [-0.3, -0.25) is 4.72 Å². The molecular formula is C20H33NS. The molecule has 2 rings (SSSR count). The van der Waals surface area contributed by atoms with Crippen LogP contribution in [0.5, 0.6) is 0 Å². The molecule has 1 aromatic carbocycles. The summed E-state index contributed by atoms with van der Waals surface area (Å²) in [5.74, 6) is 1.29. The maximum absolute atomic E-state index is 3.70. The number of rotatable bonds is 10. The monoisotopic (exact) mass is 319 g/mol. The third-order valence-corrected chi connectivity index (χ3v) is 5.65. The van der Waals surface area contributed by atoms with Crippen molar-refractivity contribution in [3.8, 4) is 0 Å². The molecule has 124 valence electrons. The second-order valence-corrected chi connectivity index (χ2v) is 7.59. The van der Waals surface area contributed by atoms with Gasteiger partial charge in [0.15, 0.2) is 0 Å². The van der Waals surface area contributed by atoms with Crippen molar-refractivity contribution >= 4 is 11.9 Å². The van der Waals surface area contributed by atoms with Crippen LogP contribution in [0.15, 0.2) is 30.3 Å². The summed E-state index contributed by atoms with van der Waals surface area (Å²) in [6, 6.07) is 11.7. The molecule has 0 atom stereocenters. The fourth-order valence-electron chi connectivity index (χ4n) is 3.25. The van der Waals surface area contributed by atoms with Crippen LogP contribution < -0.4 is 4.72 Å². The molecule has 0 aliphatic heterocycles. The average molecular weight is 320 g/mol. The molecule has 0 radical (unpaired) electrons. The van der Waals surface area contributed by atoms with Crippen LogP contribution in [0.1, 0.15) is 76.2 Å². The molecule has 0 saturated heterocycles. The van der Waals surface area contributed by atoms with E-state index >= 15 is 0 Å². The van der Waals surface area contributed by atoms with Gasteiger partial charge in [0.2, 0.25) is 0 Å². The molecule has 1 aliphatic rings. The first kappa shape index (κ1) is 17.9. The lowest BCUT2D eigenvalue weighted by Gasteiger charge is -2.15. The fourth-order valence-corrected chi connectivity index (χ4v) is 4.19. The predicted molar refractivity (Wildman–Crippen MR) is 100 cm³/mol. The molecule has 1 nitrogen and oxygen atoms in total. The smallest absolute Gasteiger partial charge is 0.0171 e. The topological polar surface area (TPSA) is 12.0 Å². The Hall–Kier alpha value is -0.470. The van der Waals surface area contributed by atoms with E-state index < -0.39 is 0 Å². The molecule has 0 amide bonds. The van der Waals surface area contributed by atoms with Crippen LogP contribution >= 0.6 is 11.9 Å². The average Bonchev–Trinajstić information content (AvgIpc) is 2.83. The molecule has 0 bridgehead atoms. The van der Waals surface area contributed by atoms with Gasteiger partial charge in [-0.2, -0.15) is 0 Å². The van der Waals surface area contributed by atoms with Crippen LogP contribution in [-0.4, -0.2) is 11.8 Å². The highest BCUT2D eigenvalue weighted by Crippen LogP contribution is 2.19. The molecule has 0 unspecified atom stereocenters. The zero-order valence-corrected chi connectivity index (χ0v) is 14.9. The van der Waals surface area contributed by atoms with Gasteiger partial charge < -0.3 is 0 Å². The summed E-state index contributed by atoms with van der Waals surface area (Å²) < 4.78 is 3.70. The Kier molecular flexibility index (Phi) is 9.76. The first-order chi connectivity index (χ1) is 10.9. The minimum absolute atomic E-state index is 0.790. The Morgan fingerprint density at radius 3 is 2.27 bits per heavy atom. The first-order valence-electron chi connectivity index (χ1n) is 9.36. The van der Waals surface area contributed by atoms with Crippen molar-refractivity contribution < 1.29 is 0 Å². The van der Waals surface area contributed by atoms with Crippen molar-refractivity contribution in [2.45, 2.75) is 83.1 Å². The van der Waals surface area contributed by atoms with Crippen molar-refractivity contribution in [2.75, 3.05) is 5.75 Å². The molecule has 1 saturated carbocycles. The number of benzene rings is 1. The van der Waals surface area contributed by atoms with Crippen LogP contribution in [0.3, 0.4) is 0 Å². The van der Waals surface area contributed by atoms with E-state index in [0.717, 1.165) is 6.04 Å². The second kappa shape index (κ2) is 12.0. The van der Waals surface area contributed by atoms with Crippen LogP contribution in [0.2, 0.25) is 0 Å². The lowest BCUT2D eigenvalue weighted by molar-refractivity contribution is 0.550. The van der Waals surface area contributed by atoms with Gasteiger partial charge in [-0.1, -0.05) is 87.2 Å². The summed E-state index contributed by atoms with van der Waals surface area (Å²) in [6.07, 6.45) is 16.7. The van der Waals surface area contributed by atoms with Gasteiger partial charge in [0.05, 0.1) is 0 Å². The van der Waals surface area contributed by atoms with Gasteiger partial charge in [0.25, 0.3) is 0 Å². The highest BCUT2D eigenvalue weighted by atomic mass is 32.2. The number of aryl methyl sites for hydroxylation is 1. The van der Waals surface area contributed by atoms with E-state index in [1.165, 1.54) is 88.4 Å². The summed E-state index contributed by atoms with van der Waals surface area (Å²) in [7, 11) is 0. The van der Waals surface area contributed by atoms with Gasteiger partial charge >= 0.3 is 0 Å². The maximum atomic E-state index is 3.70. The van der Waals surface area contributed by atoms with E-state index in [1.807, 2.05) is 11.9 Å². The van der Waals surface area contributed by atoms with Gasteiger partial charge in [-0.15, -0.1) is 0 Å². The molecule has 0 heterocycles. The lowest BCUT2D eigenvalue weighted by Crippen LogP contribution is -2.22. The number of nitrogens with one attached hydrogen (secondary N) is 1. The van der Waals surface area contributed by atoms with E-state index in [1.54, 1.807) is 0 Å². The zero-order valence-electron chi connectivity index (χ0n) is 14.1. The molecule has 2 heteroatoms. The fraction of sp³-hybridized carbons (Fsp3) is 0.700. The molecule has 1 aliphatic carbocycles. The van der Waals surface area contributed by atoms with Gasteiger partial charge in [0, 0.05) is 11.8 Å². The molecule has 1 aromatic rings. The normalized spacial score (nSPS) is 16.5. The summed E-state index contributed by atoms with van der Waals surface area (Å²) in [5, 5.41) is 0. The first-order valence-corrected chi connectivity index (χ1v) is 10.3. The van der Waals surface area contributed by atoms with Crippen LogP contribution in [0.25, 0.3) is 0 Å². The third-order valence-electron chi connectivity index (χ3n) is 4.66. The molecule has 0 spiro atoms. The minimum atomic E-state index is 0.790. The van der Waals surface area contributed by atoms with Crippen LogP contribution in [0, 0.1) is 0 Å². The second-order valence-electron chi connectivity index (χ2n) is 6.66. The van der Waals surface area contributed by atoms with Crippen molar-refractivity contribution in [3.05, 3.63) is 35.9 Å². The van der Waals surface area contributed by atoms with E-state index in [4.69, 9.17) is 0 Å². The zero-order chi connectivity index (χ0) is 15.3. The molecule has 0 aromatic heterocycles. The maximum Gasteiger partial charge on any atom is 0.0171 e. The Morgan fingerprint density at radius 2 is 1.50 bits per heavy atom. The third kappa shape index (κ3) is 8.24. The van der Waals surface area contributed by atoms with Gasteiger partial charge in [-0.05, 0) is 37.7 Å². The van der Waals surface area contributed by atoms with Crippen molar-refractivity contribution in [1.82, 2.24) is 4.72 Å². The summed E-state index contributed by atoms with van der Waals surface area (Å²) >= 11 is 1.98. The SMILES string of the molecule is c1ccc(CCCCCCCSNC2CCCCCC2)cc1. The van der Waals surface area contributed by atoms with Crippen LogP contribution in [0.4, 0.5) is 0 Å². The number of hydrogen-bond acceptors (Lipinski definition) is 2. The molecular weight excluding hydrogens is 286 g/mol. The van der Waals surface area contributed by atoms with Crippen molar-refractivity contribution in [2.24, 2.45) is 0 Å². The van der Waals surface area contributed by atoms with Crippen molar-refractivity contribution in [1.29, 1.82) is 0 Å². The van der Waals surface area contributed by atoms with E-state index in [-0.39, 0.29) is 0 Å². The van der Waals surface area contributed by atoms with E-state index in [9.17, 15) is 0 Å². The van der Waals surface area contributed by atoms with Crippen LogP contribution in [-0.2, 0) is 6.42 Å². The summed E-state index contributed by atoms with van der Waals surface area (Å²) in [5.41, 5.74) is 1.49. The Morgan fingerprint density at radius 1 is 0.818 bits per heavy atom. The Balaban J connectivity index is 1.37. The quantitative estimate of drug-likeness (QED) is 0.316. The summed E-state index contributed by atoms with van der Waals surface area (Å²) in [6.45, 7) is 0. The molecule has 22 heavy (non-hydrogen) atoms. The van der Waals surface area contributed by atoms with E-state index in [2.05, 4.69) is 35.1 Å².